The van der Waals surface area contributed by atoms with E-state index in [0.29, 0.717) is 13.1 Å². The van der Waals surface area contributed by atoms with Crippen LogP contribution in [-0.4, -0.2) is 35.3 Å². The number of nitrogens with two attached hydrogens (primary N) is 1. The van der Waals surface area contributed by atoms with Crippen LogP contribution in [0.4, 0.5) is 5.69 Å². The summed E-state index contributed by atoms with van der Waals surface area (Å²) in [7, 11) is 0. The molecule has 1 aromatic heterocycles. The van der Waals surface area contributed by atoms with Crippen molar-refractivity contribution in [3.63, 3.8) is 0 Å². The molecular weight excluding hydrogens is 270 g/mol. The first-order valence-corrected chi connectivity index (χ1v) is 6.77. The van der Waals surface area contributed by atoms with E-state index in [2.05, 4.69) is 0 Å². The molecule has 1 aliphatic rings. The van der Waals surface area contributed by atoms with Crippen molar-refractivity contribution >= 4 is 5.69 Å². The lowest BCUT2D eigenvalue weighted by molar-refractivity contribution is -0.0855. The van der Waals surface area contributed by atoms with Gasteiger partial charge in [0.2, 0.25) is 6.41 Å². The summed E-state index contributed by atoms with van der Waals surface area (Å²) < 4.78 is 6.87. The van der Waals surface area contributed by atoms with Crippen molar-refractivity contribution in [3.8, 4) is 5.69 Å². The smallest absolute Gasteiger partial charge is 0.255 e. The number of hydrogen-bond donors (Lipinski definition) is 2. The van der Waals surface area contributed by atoms with E-state index in [1.54, 1.807) is 27.8 Å². The van der Waals surface area contributed by atoms with Gasteiger partial charge in [0.05, 0.1) is 12.6 Å². The Hall–Kier alpha value is -2.15. The Balaban J connectivity index is 1.85. The van der Waals surface area contributed by atoms with E-state index >= 15 is 0 Å². The maximum atomic E-state index is 11.8. The second-order valence-corrected chi connectivity index (χ2v) is 4.90. The largest absolute Gasteiger partial charge is 0.351 e. The summed E-state index contributed by atoms with van der Waals surface area (Å²) in [4.78, 5) is 13.5. The minimum absolute atomic E-state index is 0.0852. The lowest BCUT2D eigenvalue weighted by Gasteiger charge is -2.20. The molecule has 0 saturated carbocycles. The van der Waals surface area contributed by atoms with Crippen LogP contribution < -0.4 is 16.2 Å². The molecule has 1 saturated heterocycles. The van der Waals surface area contributed by atoms with Crippen molar-refractivity contribution in [2.75, 3.05) is 18.0 Å². The normalized spacial score (nSPS) is 21.7. The fourth-order valence-electron chi connectivity index (χ4n) is 2.41. The number of benzene rings is 1. The van der Waals surface area contributed by atoms with Crippen LogP contribution in [0.3, 0.4) is 0 Å². The topological polar surface area (TPSA) is 80.7 Å². The maximum absolute atomic E-state index is 11.8. The molecule has 2 atom stereocenters. The number of pyridine rings is 1. The Kier molecular flexibility index (Phi) is 3.74. The first-order chi connectivity index (χ1) is 10.2. The lowest BCUT2D eigenvalue weighted by atomic mass is 10.2. The SMILES string of the molecule is NC[C@H]1CN(c2ccc(-n3ccccc3=O)cc2)C(O)O1. The molecule has 3 N–H and O–H groups in total. The molecular formula is C15H17N3O3. The van der Waals surface area contributed by atoms with Gasteiger partial charge in [-0.15, -0.1) is 0 Å². The monoisotopic (exact) mass is 287 g/mol. The van der Waals surface area contributed by atoms with E-state index in [-0.39, 0.29) is 11.7 Å². The summed E-state index contributed by atoms with van der Waals surface area (Å²) >= 11 is 0. The lowest BCUT2D eigenvalue weighted by Crippen LogP contribution is -2.30. The minimum Gasteiger partial charge on any atom is -0.351 e. The molecule has 0 amide bonds. The molecule has 1 aliphatic heterocycles. The maximum Gasteiger partial charge on any atom is 0.255 e. The zero-order valence-corrected chi connectivity index (χ0v) is 11.4. The molecule has 2 heterocycles. The van der Waals surface area contributed by atoms with E-state index in [0.717, 1.165) is 11.4 Å². The van der Waals surface area contributed by atoms with E-state index in [1.165, 1.54) is 6.07 Å². The number of anilines is 1. The van der Waals surface area contributed by atoms with E-state index in [9.17, 15) is 9.90 Å². The Morgan fingerprint density at radius 1 is 1.19 bits per heavy atom. The molecule has 6 nitrogen and oxygen atoms in total. The van der Waals surface area contributed by atoms with E-state index < -0.39 is 6.41 Å². The zero-order chi connectivity index (χ0) is 14.8. The average molecular weight is 287 g/mol. The summed E-state index contributed by atoms with van der Waals surface area (Å²) in [5, 5.41) is 9.87. The van der Waals surface area contributed by atoms with Crippen LogP contribution in [-0.2, 0) is 4.74 Å². The van der Waals surface area contributed by atoms with Crippen LogP contribution in [0.15, 0.2) is 53.5 Å². The fourth-order valence-corrected chi connectivity index (χ4v) is 2.41. The van der Waals surface area contributed by atoms with Crippen molar-refractivity contribution in [2.45, 2.75) is 12.5 Å². The van der Waals surface area contributed by atoms with E-state index in [4.69, 9.17) is 10.5 Å². The zero-order valence-electron chi connectivity index (χ0n) is 11.4. The molecule has 1 unspecified atom stereocenters. The van der Waals surface area contributed by atoms with Gasteiger partial charge in [0.1, 0.15) is 0 Å². The first kappa shape index (κ1) is 13.8. The van der Waals surface area contributed by atoms with Gasteiger partial charge in [-0.1, -0.05) is 6.07 Å². The third kappa shape index (κ3) is 2.69. The highest BCUT2D eigenvalue weighted by Crippen LogP contribution is 2.24. The van der Waals surface area contributed by atoms with Crippen LogP contribution >= 0.6 is 0 Å². The Morgan fingerprint density at radius 3 is 2.52 bits per heavy atom. The number of ether oxygens (including phenoxy) is 1. The Labute approximate surface area is 122 Å². The molecule has 110 valence electrons. The quantitative estimate of drug-likeness (QED) is 0.847. The van der Waals surface area contributed by atoms with Gasteiger partial charge in [0.25, 0.3) is 5.56 Å². The number of nitrogens with zero attached hydrogens (tertiary/aromatic N) is 2. The standard InChI is InChI=1S/C15H17N3O3/c16-9-13-10-18(15(20)21-13)12-6-4-11(5-7-12)17-8-2-1-3-14(17)19/h1-8,13,15,20H,9-10,16H2/t13-,15?/m0/s1. The van der Waals surface area contributed by atoms with Gasteiger partial charge < -0.3 is 20.5 Å². The third-order valence-electron chi connectivity index (χ3n) is 3.53. The molecule has 2 aromatic rings. The van der Waals surface area contributed by atoms with Crippen molar-refractivity contribution in [1.29, 1.82) is 0 Å². The van der Waals surface area contributed by atoms with Gasteiger partial charge in [-0.25, -0.2) is 0 Å². The summed E-state index contributed by atoms with van der Waals surface area (Å²) in [6, 6.07) is 12.4. The third-order valence-corrected chi connectivity index (χ3v) is 3.53. The molecule has 0 bridgehead atoms. The number of aliphatic hydroxyl groups is 1. The molecule has 0 aliphatic carbocycles. The minimum atomic E-state index is -0.983. The second-order valence-electron chi connectivity index (χ2n) is 4.90. The molecule has 21 heavy (non-hydrogen) atoms. The van der Waals surface area contributed by atoms with Gasteiger partial charge in [0.15, 0.2) is 0 Å². The van der Waals surface area contributed by atoms with Crippen LogP contribution in [0.25, 0.3) is 5.69 Å². The van der Waals surface area contributed by atoms with Gasteiger partial charge >= 0.3 is 0 Å². The van der Waals surface area contributed by atoms with Crippen molar-refractivity contribution < 1.29 is 9.84 Å². The average Bonchev–Trinajstić information content (AvgIpc) is 2.89. The van der Waals surface area contributed by atoms with Gasteiger partial charge in [0, 0.05) is 30.2 Å². The highest BCUT2D eigenvalue weighted by molar-refractivity contribution is 5.51. The fraction of sp³-hybridized carbons (Fsp3) is 0.267. The van der Waals surface area contributed by atoms with Gasteiger partial charge in [-0.05, 0) is 30.3 Å². The summed E-state index contributed by atoms with van der Waals surface area (Å²) in [5.41, 5.74) is 7.06. The molecule has 0 spiro atoms. The van der Waals surface area contributed by atoms with Crippen molar-refractivity contribution in [1.82, 2.24) is 4.57 Å². The number of hydrogen-bond acceptors (Lipinski definition) is 5. The van der Waals surface area contributed by atoms with Crippen LogP contribution in [0, 0.1) is 0 Å². The van der Waals surface area contributed by atoms with E-state index in [1.807, 2.05) is 24.3 Å². The van der Waals surface area contributed by atoms with Crippen molar-refractivity contribution in [2.24, 2.45) is 5.73 Å². The van der Waals surface area contributed by atoms with Gasteiger partial charge in [-0.2, -0.15) is 0 Å². The molecule has 1 fully saturated rings. The molecule has 6 heteroatoms. The number of aliphatic hydroxyl groups excluding tert-OH is 1. The summed E-state index contributed by atoms with van der Waals surface area (Å²) in [6.45, 7) is 0.910. The van der Waals surface area contributed by atoms with Crippen LogP contribution in [0.1, 0.15) is 0 Å². The van der Waals surface area contributed by atoms with Crippen molar-refractivity contribution in [3.05, 3.63) is 59.0 Å². The van der Waals surface area contributed by atoms with Crippen LogP contribution in [0.2, 0.25) is 0 Å². The highest BCUT2D eigenvalue weighted by Gasteiger charge is 2.30. The second kappa shape index (κ2) is 5.69. The van der Waals surface area contributed by atoms with Gasteiger partial charge in [-0.3, -0.25) is 9.36 Å². The first-order valence-electron chi connectivity index (χ1n) is 6.77. The molecule has 3 rings (SSSR count). The highest BCUT2D eigenvalue weighted by atomic mass is 16.6. The Bertz CT molecular complexity index is 668. The summed E-state index contributed by atoms with van der Waals surface area (Å²) in [6.07, 6.45) is 0.565. The number of rotatable bonds is 3. The molecule has 1 aromatic carbocycles. The Morgan fingerprint density at radius 2 is 1.90 bits per heavy atom. The summed E-state index contributed by atoms with van der Waals surface area (Å²) in [5.74, 6) is 0. The van der Waals surface area contributed by atoms with Crippen LogP contribution in [0.5, 0.6) is 0 Å². The predicted octanol–water partition coefficient (Wildman–Crippen LogP) is 0.277. The predicted molar refractivity (Wildman–Crippen MR) is 79.3 cm³/mol. The molecule has 0 radical (unpaired) electrons. The number of aromatic nitrogens is 1.